The summed E-state index contributed by atoms with van der Waals surface area (Å²) in [6, 6.07) is 9.87. The highest BCUT2D eigenvalue weighted by atomic mass is 32.1. The number of benzene rings is 1. The molecule has 0 aliphatic heterocycles. The van der Waals surface area contributed by atoms with E-state index in [1.807, 2.05) is 30.3 Å². The van der Waals surface area contributed by atoms with Crippen molar-refractivity contribution < 1.29 is 9.59 Å². The molecule has 2 amide bonds. The van der Waals surface area contributed by atoms with E-state index in [-0.39, 0.29) is 11.8 Å². The molecule has 0 spiro atoms. The molecule has 0 fully saturated rings. The molecule has 0 radical (unpaired) electrons. The molecular formula is C19H25N3O2S. The molecule has 0 aliphatic carbocycles. The number of carbonyl (C=O) groups is 2. The van der Waals surface area contributed by atoms with Crippen LogP contribution in [0.15, 0.2) is 35.7 Å². The van der Waals surface area contributed by atoms with Crippen molar-refractivity contribution in [3.8, 4) is 0 Å². The monoisotopic (exact) mass is 359 g/mol. The Bertz CT molecular complexity index is 670. The fourth-order valence-electron chi connectivity index (χ4n) is 2.36. The summed E-state index contributed by atoms with van der Waals surface area (Å²) in [7, 11) is 0. The zero-order valence-electron chi connectivity index (χ0n) is 14.6. The van der Waals surface area contributed by atoms with E-state index in [1.165, 1.54) is 24.2 Å². The molecule has 0 bridgehead atoms. The van der Waals surface area contributed by atoms with E-state index in [1.54, 1.807) is 5.38 Å². The smallest absolute Gasteiger partial charge is 0.270 e. The Labute approximate surface area is 152 Å². The van der Waals surface area contributed by atoms with Crippen molar-refractivity contribution in [2.75, 3.05) is 11.9 Å². The van der Waals surface area contributed by atoms with Gasteiger partial charge in [0.15, 0.2) is 5.13 Å². The number of unbranched alkanes of at least 4 members (excludes halogenated alkanes) is 3. The standard InChI is InChI=1S/C19H25N3O2S/c1-2-3-4-8-13-20-18(24)16-14-25-19(21-16)22-17(23)12-11-15-9-6-5-7-10-15/h5-7,9-10,14H,2-4,8,11-13H2,1H3,(H,20,24)(H,21,22,23). The Morgan fingerprint density at radius 2 is 1.92 bits per heavy atom. The molecule has 6 heteroatoms. The maximum Gasteiger partial charge on any atom is 0.270 e. The topological polar surface area (TPSA) is 71.1 Å². The summed E-state index contributed by atoms with van der Waals surface area (Å²) in [5.74, 6) is -0.276. The number of thiazole rings is 1. The highest BCUT2D eigenvalue weighted by Gasteiger charge is 2.12. The second kappa shape index (κ2) is 10.6. The van der Waals surface area contributed by atoms with Crippen LogP contribution in [0.25, 0.3) is 0 Å². The number of nitrogens with one attached hydrogen (secondary N) is 2. The highest BCUT2D eigenvalue weighted by molar-refractivity contribution is 7.14. The van der Waals surface area contributed by atoms with Crippen molar-refractivity contribution in [3.05, 3.63) is 47.0 Å². The van der Waals surface area contributed by atoms with E-state index < -0.39 is 0 Å². The minimum Gasteiger partial charge on any atom is -0.351 e. The zero-order chi connectivity index (χ0) is 17.9. The molecular weight excluding hydrogens is 334 g/mol. The van der Waals surface area contributed by atoms with Gasteiger partial charge in [0.1, 0.15) is 5.69 Å². The maximum atomic E-state index is 12.0. The number of nitrogens with zero attached hydrogens (tertiary/aromatic N) is 1. The first-order valence-electron chi connectivity index (χ1n) is 8.76. The van der Waals surface area contributed by atoms with Gasteiger partial charge in [-0.3, -0.25) is 9.59 Å². The van der Waals surface area contributed by atoms with Crippen LogP contribution in [0.3, 0.4) is 0 Å². The Kier molecular flexibility index (Phi) is 8.12. The number of carbonyl (C=O) groups excluding carboxylic acids is 2. The quantitative estimate of drug-likeness (QED) is 0.629. The van der Waals surface area contributed by atoms with Crippen molar-refractivity contribution in [2.24, 2.45) is 0 Å². The van der Waals surface area contributed by atoms with Crippen molar-refractivity contribution in [2.45, 2.75) is 45.4 Å². The molecule has 5 nitrogen and oxygen atoms in total. The number of aromatic nitrogens is 1. The summed E-state index contributed by atoms with van der Waals surface area (Å²) in [5, 5.41) is 7.77. The van der Waals surface area contributed by atoms with Crippen LogP contribution >= 0.6 is 11.3 Å². The first kappa shape index (κ1) is 19.1. The van der Waals surface area contributed by atoms with Gasteiger partial charge in [-0.25, -0.2) is 4.98 Å². The minimum atomic E-state index is -0.183. The van der Waals surface area contributed by atoms with Crippen molar-refractivity contribution in [3.63, 3.8) is 0 Å². The SMILES string of the molecule is CCCCCCNC(=O)c1csc(NC(=O)CCc2ccccc2)n1. The average Bonchev–Trinajstić information content (AvgIpc) is 3.09. The van der Waals surface area contributed by atoms with Crippen LogP contribution in [0.5, 0.6) is 0 Å². The van der Waals surface area contributed by atoms with Gasteiger partial charge in [0.05, 0.1) is 0 Å². The van der Waals surface area contributed by atoms with Gasteiger partial charge in [0, 0.05) is 18.3 Å². The summed E-state index contributed by atoms with van der Waals surface area (Å²) in [5.41, 5.74) is 1.48. The molecule has 134 valence electrons. The van der Waals surface area contributed by atoms with Crippen LogP contribution in [0.2, 0.25) is 0 Å². The van der Waals surface area contributed by atoms with E-state index in [0.29, 0.717) is 30.2 Å². The number of amides is 2. The van der Waals surface area contributed by atoms with Gasteiger partial charge >= 0.3 is 0 Å². The number of aryl methyl sites for hydroxylation is 1. The summed E-state index contributed by atoms with van der Waals surface area (Å²) < 4.78 is 0. The van der Waals surface area contributed by atoms with Crippen molar-refractivity contribution >= 4 is 28.3 Å². The van der Waals surface area contributed by atoms with Gasteiger partial charge in [-0.1, -0.05) is 56.5 Å². The predicted octanol–water partition coefficient (Wildman–Crippen LogP) is 4.02. The van der Waals surface area contributed by atoms with Gasteiger partial charge < -0.3 is 10.6 Å². The minimum absolute atomic E-state index is 0.0928. The van der Waals surface area contributed by atoms with Crippen molar-refractivity contribution in [1.82, 2.24) is 10.3 Å². The van der Waals surface area contributed by atoms with E-state index >= 15 is 0 Å². The molecule has 2 N–H and O–H groups in total. The number of hydrogen-bond donors (Lipinski definition) is 2. The molecule has 1 aromatic heterocycles. The molecule has 2 aromatic rings. The molecule has 1 heterocycles. The highest BCUT2D eigenvalue weighted by Crippen LogP contribution is 2.16. The maximum absolute atomic E-state index is 12.0. The molecule has 25 heavy (non-hydrogen) atoms. The number of anilines is 1. The fraction of sp³-hybridized carbons (Fsp3) is 0.421. The third-order valence-electron chi connectivity index (χ3n) is 3.78. The largest absolute Gasteiger partial charge is 0.351 e. The Morgan fingerprint density at radius 1 is 1.12 bits per heavy atom. The second-order valence-electron chi connectivity index (χ2n) is 5.89. The molecule has 1 aromatic carbocycles. The van der Waals surface area contributed by atoms with Crippen LogP contribution in [0, 0.1) is 0 Å². The molecule has 2 rings (SSSR count). The van der Waals surface area contributed by atoms with E-state index in [0.717, 1.165) is 18.4 Å². The van der Waals surface area contributed by atoms with Gasteiger partial charge in [-0.2, -0.15) is 0 Å². The molecule has 0 unspecified atom stereocenters. The lowest BCUT2D eigenvalue weighted by molar-refractivity contribution is -0.116. The number of hydrogen-bond acceptors (Lipinski definition) is 4. The lowest BCUT2D eigenvalue weighted by atomic mass is 10.1. The van der Waals surface area contributed by atoms with E-state index in [2.05, 4.69) is 22.5 Å². The third-order valence-corrected chi connectivity index (χ3v) is 4.54. The second-order valence-corrected chi connectivity index (χ2v) is 6.75. The average molecular weight is 359 g/mol. The molecule has 0 aliphatic rings. The third kappa shape index (κ3) is 7.05. The lowest BCUT2D eigenvalue weighted by Crippen LogP contribution is -2.24. The van der Waals surface area contributed by atoms with Crippen LogP contribution in [0.4, 0.5) is 5.13 Å². The lowest BCUT2D eigenvalue weighted by Gasteiger charge is -2.03. The molecule has 0 saturated carbocycles. The van der Waals surface area contributed by atoms with E-state index in [4.69, 9.17) is 0 Å². The summed E-state index contributed by atoms with van der Waals surface area (Å²) >= 11 is 1.27. The van der Waals surface area contributed by atoms with Crippen molar-refractivity contribution in [1.29, 1.82) is 0 Å². The molecule has 0 saturated heterocycles. The van der Waals surface area contributed by atoms with Crippen LogP contribution in [-0.2, 0) is 11.2 Å². The van der Waals surface area contributed by atoms with E-state index in [9.17, 15) is 9.59 Å². The van der Waals surface area contributed by atoms with Crippen LogP contribution < -0.4 is 10.6 Å². The molecule has 0 atom stereocenters. The summed E-state index contributed by atoms with van der Waals surface area (Å²) in [6.07, 6.45) is 5.54. The van der Waals surface area contributed by atoms with Gasteiger partial charge in [0.25, 0.3) is 5.91 Å². The Morgan fingerprint density at radius 3 is 2.68 bits per heavy atom. The summed E-state index contributed by atoms with van der Waals surface area (Å²) in [6.45, 7) is 2.82. The summed E-state index contributed by atoms with van der Waals surface area (Å²) in [4.78, 5) is 28.2. The Balaban J connectivity index is 1.72. The Hall–Kier alpha value is -2.21. The fourth-order valence-corrected chi connectivity index (χ4v) is 3.07. The predicted molar refractivity (Wildman–Crippen MR) is 102 cm³/mol. The normalized spacial score (nSPS) is 10.4. The van der Waals surface area contributed by atoms with Gasteiger partial charge in [0.2, 0.25) is 5.91 Å². The first-order chi connectivity index (χ1) is 12.2. The van der Waals surface area contributed by atoms with Crippen LogP contribution in [-0.4, -0.2) is 23.3 Å². The zero-order valence-corrected chi connectivity index (χ0v) is 15.4. The number of rotatable bonds is 10. The van der Waals surface area contributed by atoms with Gasteiger partial charge in [-0.15, -0.1) is 11.3 Å². The van der Waals surface area contributed by atoms with Crippen LogP contribution in [0.1, 0.15) is 55.1 Å². The first-order valence-corrected chi connectivity index (χ1v) is 9.64. The van der Waals surface area contributed by atoms with Gasteiger partial charge in [-0.05, 0) is 18.4 Å².